The summed E-state index contributed by atoms with van der Waals surface area (Å²) in [4.78, 5) is 33.8. The van der Waals surface area contributed by atoms with Crippen molar-refractivity contribution < 1.29 is 18.7 Å². The maximum Gasteiger partial charge on any atom is 0.308 e. The van der Waals surface area contributed by atoms with Crippen molar-refractivity contribution in [3.8, 4) is 5.75 Å². The summed E-state index contributed by atoms with van der Waals surface area (Å²) < 4.78 is 11.2. The normalized spacial score (nSPS) is 14.9. The predicted octanol–water partition coefficient (Wildman–Crippen LogP) is 5.35. The van der Waals surface area contributed by atoms with E-state index in [0.29, 0.717) is 17.5 Å². The molecule has 3 aromatic rings. The Morgan fingerprint density at radius 1 is 1.03 bits per heavy atom. The molecule has 0 saturated carbocycles. The fraction of sp³-hybridized carbons (Fsp3) is 0.483. The molecule has 38 heavy (non-hydrogen) atoms. The first kappa shape index (κ1) is 28.1. The Kier molecular flexibility index (Phi) is 9.46. The van der Waals surface area contributed by atoms with Crippen LogP contribution in [0.1, 0.15) is 57.6 Å². The first-order valence-electron chi connectivity index (χ1n) is 13.3. The number of para-hydroxylation sites is 2. The number of thioether (sulfide) groups is 1. The first-order chi connectivity index (χ1) is 18.2. The highest BCUT2D eigenvalue weighted by Gasteiger charge is 2.22. The molecule has 1 N–H and O–H groups in total. The molecule has 0 bridgehead atoms. The van der Waals surface area contributed by atoms with Crippen molar-refractivity contribution in [3.05, 3.63) is 47.5 Å². The third-order valence-electron chi connectivity index (χ3n) is 6.68. The third-order valence-corrected chi connectivity index (χ3v) is 7.49. The number of piperazine rings is 1. The van der Waals surface area contributed by atoms with Crippen LogP contribution in [0.4, 0.5) is 5.69 Å². The number of nitrogens with zero attached hydrogens (tertiary/aromatic N) is 3. The molecule has 1 amide bonds. The van der Waals surface area contributed by atoms with Crippen LogP contribution < -0.4 is 10.1 Å². The van der Waals surface area contributed by atoms with Gasteiger partial charge in [0.2, 0.25) is 5.91 Å². The van der Waals surface area contributed by atoms with Crippen LogP contribution in [-0.4, -0.2) is 71.7 Å². The van der Waals surface area contributed by atoms with Crippen LogP contribution in [-0.2, 0) is 9.59 Å². The van der Waals surface area contributed by atoms with Crippen molar-refractivity contribution in [2.75, 3.05) is 50.3 Å². The number of rotatable bonds is 10. The molecule has 8 nitrogen and oxygen atoms in total. The Morgan fingerprint density at radius 3 is 2.26 bits per heavy atom. The average Bonchev–Trinajstić information content (AvgIpc) is 3.28. The fourth-order valence-electron chi connectivity index (χ4n) is 4.67. The Labute approximate surface area is 229 Å². The number of anilines is 1. The standard InChI is InChI=1S/C29H38N4O4S/c1-19(2)23-16-22(36-21(5)34)17-24(20(3)4)28(23)31-27(35)18-33-12-10-32(11-13-33)14-15-38-29-30-25-8-6-7-9-26(25)37-29/h6-9,16-17,19-20H,10-15,18H2,1-5H3,(H,31,35). The number of hydrogen-bond acceptors (Lipinski definition) is 8. The molecule has 0 atom stereocenters. The van der Waals surface area contributed by atoms with Gasteiger partial charge in [-0.25, -0.2) is 4.98 Å². The minimum absolute atomic E-state index is 0.0194. The highest BCUT2D eigenvalue weighted by atomic mass is 32.2. The second-order valence-electron chi connectivity index (χ2n) is 10.3. The van der Waals surface area contributed by atoms with Crippen LogP contribution in [0.5, 0.6) is 5.75 Å². The van der Waals surface area contributed by atoms with E-state index in [9.17, 15) is 9.59 Å². The highest BCUT2D eigenvalue weighted by Crippen LogP contribution is 2.36. The monoisotopic (exact) mass is 538 g/mol. The minimum atomic E-state index is -0.352. The van der Waals surface area contributed by atoms with Crippen LogP contribution in [0.2, 0.25) is 0 Å². The zero-order valence-corrected chi connectivity index (χ0v) is 23.8. The second-order valence-corrected chi connectivity index (χ2v) is 11.4. The molecule has 0 unspecified atom stereocenters. The summed E-state index contributed by atoms with van der Waals surface area (Å²) in [6, 6.07) is 11.6. The van der Waals surface area contributed by atoms with Crippen molar-refractivity contribution >= 4 is 40.4 Å². The zero-order valence-electron chi connectivity index (χ0n) is 23.0. The molecule has 0 aliphatic carbocycles. The molecule has 2 heterocycles. The largest absolute Gasteiger partial charge is 0.431 e. The van der Waals surface area contributed by atoms with Gasteiger partial charge in [-0.1, -0.05) is 51.6 Å². The van der Waals surface area contributed by atoms with E-state index in [0.717, 1.165) is 66.4 Å². The quantitative estimate of drug-likeness (QED) is 0.210. The van der Waals surface area contributed by atoms with Crippen LogP contribution >= 0.6 is 11.8 Å². The Morgan fingerprint density at radius 2 is 1.66 bits per heavy atom. The van der Waals surface area contributed by atoms with E-state index in [-0.39, 0.29) is 23.7 Å². The Balaban J connectivity index is 1.28. The van der Waals surface area contributed by atoms with Gasteiger partial charge in [-0.2, -0.15) is 0 Å². The summed E-state index contributed by atoms with van der Waals surface area (Å²) in [6.07, 6.45) is 0. The predicted molar refractivity (Wildman–Crippen MR) is 152 cm³/mol. The van der Waals surface area contributed by atoms with Crippen LogP contribution in [0.15, 0.2) is 46.0 Å². The van der Waals surface area contributed by atoms with Crippen molar-refractivity contribution in [2.24, 2.45) is 0 Å². The molecule has 0 spiro atoms. The number of ether oxygens (including phenoxy) is 1. The number of nitrogens with one attached hydrogen (secondary N) is 1. The van der Waals surface area contributed by atoms with Gasteiger partial charge >= 0.3 is 5.97 Å². The van der Waals surface area contributed by atoms with Gasteiger partial charge in [-0.3, -0.25) is 19.4 Å². The smallest absolute Gasteiger partial charge is 0.308 e. The second kappa shape index (κ2) is 12.8. The number of hydrogen-bond donors (Lipinski definition) is 1. The molecule has 1 aliphatic heterocycles. The summed E-state index contributed by atoms with van der Waals surface area (Å²) in [5.74, 6) is 1.38. The molecule has 4 rings (SSSR count). The number of amides is 1. The summed E-state index contributed by atoms with van der Waals surface area (Å²) in [6.45, 7) is 14.6. The molecule has 1 saturated heterocycles. The van der Waals surface area contributed by atoms with Crippen LogP contribution in [0.25, 0.3) is 11.1 Å². The van der Waals surface area contributed by atoms with Crippen molar-refractivity contribution in [2.45, 2.75) is 51.7 Å². The molecular formula is C29H38N4O4S. The Bertz CT molecular complexity index is 1200. The number of fused-ring (bicyclic) bond motifs is 1. The number of carbonyl (C=O) groups excluding carboxylic acids is 2. The van der Waals surface area contributed by atoms with Crippen molar-refractivity contribution in [3.63, 3.8) is 0 Å². The molecule has 0 radical (unpaired) electrons. The lowest BCUT2D eigenvalue weighted by atomic mass is 9.92. The third kappa shape index (κ3) is 7.36. The maximum absolute atomic E-state index is 13.1. The summed E-state index contributed by atoms with van der Waals surface area (Å²) in [5.41, 5.74) is 4.50. The lowest BCUT2D eigenvalue weighted by Gasteiger charge is -2.34. The molecule has 204 valence electrons. The van der Waals surface area contributed by atoms with Crippen LogP contribution in [0.3, 0.4) is 0 Å². The minimum Gasteiger partial charge on any atom is -0.431 e. The van der Waals surface area contributed by atoms with E-state index >= 15 is 0 Å². The van der Waals surface area contributed by atoms with E-state index in [1.807, 2.05) is 36.4 Å². The van der Waals surface area contributed by atoms with Gasteiger partial charge in [0.15, 0.2) is 5.58 Å². The van der Waals surface area contributed by atoms with Crippen LogP contribution in [0, 0.1) is 0 Å². The molecule has 1 aromatic heterocycles. The summed E-state index contributed by atoms with van der Waals surface area (Å²) >= 11 is 1.64. The van der Waals surface area contributed by atoms with Gasteiger partial charge in [-0.05, 0) is 47.2 Å². The summed E-state index contributed by atoms with van der Waals surface area (Å²) in [5, 5.41) is 3.90. The lowest BCUT2D eigenvalue weighted by Crippen LogP contribution is -2.49. The van der Waals surface area contributed by atoms with Gasteiger partial charge in [-0.15, -0.1) is 0 Å². The topological polar surface area (TPSA) is 87.9 Å². The van der Waals surface area contributed by atoms with E-state index in [2.05, 4.69) is 47.8 Å². The van der Waals surface area contributed by atoms with E-state index < -0.39 is 0 Å². The summed E-state index contributed by atoms with van der Waals surface area (Å²) in [7, 11) is 0. The fourth-order valence-corrected chi connectivity index (χ4v) is 5.50. The van der Waals surface area contributed by atoms with E-state index in [1.54, 1.807) is 11.8 Å². The van der Waals surface area contributed by atoms with Crippen molar-refractivity contribution in [1.82, 2.24) is 14.8 Å². The van der Waals surface area contributed by atoms with Gasteiger partial charge < -0.3 is 14.5 Å². The number of benzene rings is 2. The molecule has 2 aromatic carbocycles. The SMILES string of the molecule is CC(=O)Oc1cc(C(C)C)c(NC(=O)CN2CCN(CCSc3nc4ccccc4o3)CC2)c(C(C)C)c1. The first-order valence-corrected chi connectivity index (χ1v) is 14.3. The van der Waals surface area contributed by atoms with Gasteiger partial charge in [0, 0.05) is 51.1 Å². The number of carbonyl (C=O) groups is 2. The number of oxazole rings is 1. The van der Waals surface area contributed by atoms with Gasteiger partial charge in [0.1, 0.15) is 11.3 Å². The highest BCUT2D eigenvalue weighted by molar-refractivity contribution is 7.99. The maximum atomic E-state index is 13.1. The Hall–Kier alpha value is -2.88. The van der Waals surface area contributed by atoms with E-state index in [1.165, 1.54) is 6.92 Å². The average molecular weight is 539 g/mol. The van der Waals surface area contributed by atoms with Gasteiger partial charge in [0.05, 0.1) is 6.54 Å². The molecule has 1 aliphatic rings. The zero-order chi connectivity index (χ0) is 27.2. The molecule has 1 fully saturated rings. The number of aromatic nitrogens is 1. The lowest BCUT2D eigenvalue weighted by molar-refractivity contribution is -0.131. The van der Waals surface area contributed by atoms with Gasteiger partial charge in [0.25, 0.3) is 5.22 Å². The molecule has 9 heteroatoms. The van der Waals surface area contributed by atoms with E-state index in [4.69, 9.17) is 9.15 Å². The molecular weight excluding hydrogens is 500 g/mol. The number of esters is 1. The van der Waals surface area contributed by atoms with Crippen molar-refractivity contribution in [1.29, 1.82) is 0 Å².